The summed E-state index contributed by atoms with van der Waals surface area (Å²) < 4.78 is 24.9. The van der Waals surface area contributed by atoms with Crippen molar-refractivity contribution in [2.24, 2.45) is 0 Å². The normalized spacial score (nSPS) is 15.2. The van der Waals surface area contributed by atoms with Crippen LogP contribution in [-0.4, -0.2) is 59.2 Å². The van der Waals surface area contributed by atoms with E-state index >= 15 is 0 Å². The maximum absolute atomic E-state index is 14.0. The number of methoxy groups -OCH3 is 1. The number of aryl methyl sites for hydroxylation is 1. The van der Waals surface area contributed by atoms with Gasteiger partial charge in [0.15, 0.2) is 0 Å². The third-order valence-electron chi connectivity index (χ3n) is 7.11. The Bertz CT molecular complexity index is 1530. The Labute approximate surface area is 234 Å². The van der Waals surface area contributed by atoms with Gasteiger partial charge in [0.25, 0.3) is 5.56 Å². The van der Waals surface area contributed by atoms with Crippen molar-refractivity contribution in [2.45, 2.75) is 64.8 Å². The van der Waals surface area contributed by atoms with Crippen molar-refractivity contribution in [3.63, 3.8) is 0 Å². The number of hydrogen-bond acceptors (Lipinski definition) is 9. The zero-order valence-electron chi connectivity index (χ0n) is 23.2. The number of ether oxygens (including phenoxy) is 4. The van der Waals surface area contributed by atoms with E-state index in [4.69, 9.17) is 18.9 Å². The average Bonchev–Trinajstić information content (AvgIpc) is 3.28. The molecule has 0 spiro atoms. The van der Waals surface area contributed by atoms with Crippen LogP contribution < -0.4 is 16.0 Å². The zero-order valence-corrected chi connectivity index (χ0v) is 24.0. The molecular weight excluding hydrogens is 540 g/mol. The Morgan fingerprint density at radius 2 is 1.88 bits per heavy atom. The van der Waals surface area contributed by atoms with Crippen LogP contribution in [0.2, 0.25) is 0 Å². The SMILES string of the molecule is CCOC(=O)c1sc2c(c1C)c(=O)n(C(C)(C)C(=O)O)c(=O)n2C[C@H](OC1CCOCC1)c1ccccc1OC. The molecule has 1 N–H and O–H groups in total. The van der Waals surface area contributed by atoms with Crippen LogP contribution in [0.1, 0.15) is 60.5 Å². The molecule has 1 aromatic carbocycles. The van der Waals surface area contributed by atoms with E-state index in [1.54, 1.807) is 27.0 Å². The number of carboxylic acids is 1. The first-order valence-electron chi connectivity index (χ1n) is 13.1. The summed E-state index contributed by atoms with van der Waals surface area (Å²) in [4.78, 5) is 53.1. The van der Waals surface area contributed by atoms with Gasteiger partial charge >= 0.3 is 17.6 Å². The minimum Gasteiger partial charge on any atom is -0.496 e. The van der Waals surface area contributed by atoms with Crippen LogP contribution in [0.15, 0.2) is 33.9 Å². The number of carbonyl (C=O) groups is 2. The largest absolute Gasteiger partial charge is 0.496 e. The van der Waals surface area contributed by atoms with E-state index in [1.807, 2.05) is 18.2 Å². The Morgan fingerprint density at radius 3 is 2.50 bits per heavy atom. The van der Waals surface area contributed by atoms with Crippen molar-refractivity contribution < 1.29 is 33.6 Å². The topological polar surface area (TPSA) is 135 Å². The van der Waals surface area contributed by atoms with Gasteiger partial charge in [0.05, 0.1) is 31.8 Å². The van der Waals surface area contributed by atoms with E-state index in [0.717, 1.165) is 15.9 Å². The molecule has 12 heteroatoms. The summed E-state index contributed by atoms with van der Waals surface area (Å²) in [5.74, 6) is -1.42. The average molecular weight is 575 g/mol. The molecule has 0 saturated carbocycles. The number of thiophene rings is 1. The first-order chi connectivity index (χ1) is 19.0. The molecule has 3 heterocycles. The van der Waals surface area contributed by atoms with Crippen LogP contribution in [0.25, 0.3) is 10.2 Å². The molecule has 0 bridgehead atoms. The van der Waals surface area contributed by atoms with E-state index < -0.39 is 34.8 Å². The second-order valence-corrected chi connectivity index (χ2v) is 11.0. The van der Waals surface area contributed by atoms with E-state index in [-0.39, 0.29) is 34.3 Å². The first-order valence-corrected chi connectivity index (χ1v) is 13.9. The summed E-state index contributed by atoms with van der Waals surface area (Å²) in [5, 5.41) is 10.0. The summed E-state index contributed by atoms with van der Waals surface area (Å²) >= 11 is 0.969. The molecule has 0 aliphatic carbocycles. The van der Waals surface area contributed by atoms with Crippen molar-refractivity contribution >= 4 is 33.5 Å². The Kier molecular flexibility index (Phi) is 8.81. The number of hydrogen-bond donors (Lipinski definition) is 1. The van der Waals surface area contributed by atoms with Crippen molar-refractivity contribution in [1.82, 2.24) is 9.13 Å². The van der Waals surface area contributed by atoms with Crippen molar-refractivity contribution in [3.8, 4) is 5.75 Å². The van der Waals surface area contributed by atoms with Crippen molar-refractivity contribution in [2.75, 3.05) is 26.9 Å². The number of carbonyl (C=O) groups excluding carboxylic acids is 1. The summed E-state index contributed by atoms with van der Waals surface area (Å²) in [6, 6.07) is 7.28. The standard InChI is InChI=1S/C28H34N2O9S/c1-6-38-25(32)22-16(2)21-23(31)30(28(3,4)26(33)34)27(35)29(24(21)40-22)15-20(39-17-11-13-37-14-12-17)18-9-7-8-10-19(18)36-5/h7-10,17,20H,6,11-15H2,1-5H3,(H,33,34)/t20-/m0/s1. The lowest BCUT2D eigenvalue weighted by Gasteiger charge is -2.30. The molecule has 3 aromatic rings. The fraction of sp³-hybridized carbons (Fsp3) is 0.500. The number of fused-ring (bicyclic) bond motifs is 1. The number of aliphatic carboxylic acids is 1. The molecule has 216 valence electrons. The summed E-state index contributed by atoms with van der Waals surface area (Å²) in [6.45, 7) is 6.99. The van der Waals surface area contributed by atoms with Crippen LogP contribution >= 0.6 is 11.3 Å². The molecule has 1 fully saturated rings. The minimum atomic E-state index is -1.87. The molecular formula is C28H34N2O9S. The van der Waals surface area contributed by atoms with Crippen molar-refractivity contribution in [3.05, 3.63) is 61.1 Å². The van der Waals surface area contributed by atoms with Gasteiger partial charge < -0.3 is 24.1 Å². The highest BCUT2D eigenvalue weighted by Crippen LogP contribution is 2.34. The highest BCUT2D eigenvalue weighted by atomic mass is 32.1. The minimum absolute atomic E-state index is 0.0642. The van der Waals surface area contributed by atoms with Crippen LogP contribution in [0.5, 0.6) is 5.75 Å². The summed E-state index contributed by atoms with van der Waals surface area (Å²) in [6.07, 6.45) is 0.461. The maximum atomic E-state index is 14.0. The smallest absolute Gasteiger partial charge is 0.348 e. The summed E-state index contributed by atoms with van der Waals surface area (Å²) in [7, 11) is 1.54. The van der Waals surface area contributed by atoms with Gasteiger partial charge in [-0.15, -0.1) is 11.3 Å². The molecule has 4 rings (SSSR count). The fourth-order valence-corrected chi connectivity index (χ4v) is 6.04. The van der Waals surface area contributed by atoms with Crippen LogP contribution in [0, 0.1) is 6.92 Å². The highest BCUT2D eigenvalue weighted by Gasteiger charge is 2.36. The highest BCUT2D eigenvalue weighted by molar-refractivity contribution is 7.20. The number of benzene rings is 1. The van der Waals surface area contributed by atoms with Gasteiger partial charge in [0.1, 0.15) is 27.1 Å². The van der Waals surface area contributed by atoms with Gasteiger partial charge in [-0.1, -0.05) is 18.2 Å². The molecule has 1 aliphatic rings. The van der Waals surface area contributed by atoms with Gasteiger partial charge in [-0.05, 0) is 52.2 Å². The molecule has 0 amide bonds. The lowest BCUT2D eigenvalue weighted by Crippen LogP contribution is -2.52. The van der Waals surface area contributed by atoms with Crippen LogP contribution in [0.4, 0.5) is 0 Å². The van der Waals surface area contributed by atoms with E-state index in [0.29, 0.717) is 42.9 Å². The second kappa shape index (κ2) is 11.9. The Balaban J connectivity index is 1.99. The summed E-state index contributed by atoms with van der Waals surface area (Å²) in [5.41, 5.74) is -2.47. The molecule has 1 atom stereocenters. The first kappa shape index (κ1) is 29.5. The number of esters is 1. The van der Waals surface area contributed by atoms with Gasteiger partial charge in [0, 0.05) is 18.8 Å². The number of carboxylic acid groups (broad SMARTS) is 1. The van der Waals surface area contributed by atoms with Crippen LogP contribution in [-0.2, 0) is 31.1 Å². The molecule has 1 saturated heterocycles. The maximum Gasteiger partial charge on any atom is 0.348 e. The number of aromatic nitrogens is 2. The van der Waals surface area contributed by atoms with Gasteiger partial charge in [-0.25, -0.2) is 19.0 Å². The zero-order chi connectivity index (χ0) is 29.2. The molecule has 0 radical (unpaired) electrons. The third-order valence-corrected chi connectivity index (χ3v) is 8.41. The van der Waals surface area contributed by atoms with E-state index in [2.05, 4.69) is 0 Å². The Morgan fingerprint density at radius 1 is 1.20 bits per heavy atom. The number of rotatable bonds is 10. The number of para-hydroxylation sites is 1. The third kappa shape index (κ3) is 5.43. The monoisotopic (exact) mass is 574 g/mol. The molecule has 1 aliphatic heterocycles. The van der Waals surface area contributed by atoms with E-state index in [1.165, 1.54) is 18.4 Å². The lowest BCUT2D eigenvalue weighted by molar-refractivity contribution is -0.146. The predicted octanol–water partition coefficient (Wildman–Crippen LogP) is 3.48. The quantitative estimate of drug-likeness (QED) is 0.361. The number of nitrogens with zero attached hydrogens (tertiary/aromatic N) is 2. The molecule has 11 nitrogen and oxygen atoms in total. The lowest BCUT2D eigenvalue weighted by atomic mass is 10.0. The molecule has 0 unspecified atom stereocenters. The van der Waals surface area contributed by atoms with Crippen LogP contribution in [0.3, 0.4) is 0 Å². The van der Waals surface area contributed by atoms with Gasteiger partial charge in [-0.3, -0.25) is 9.36 Å². The second-order valence-electron chi connectivity index (χ2n) is 10.0. The fourth-order valence-electron chi connectivity index (χ4n) is 4.84. The van der Waals surface area contributed by atoms with Crippen molar-refractivity contribution in [1.29, 1.82) is 0 Å². The molecule has 40 heavy (non-hydrogen) atoms. The molecule has 2 aromatic heterocycles. The predicted molar refractivity (Wildman–Crippen MR) is 149 cm³/mol. The van der Waals surface area contributed by atoms with E-state index in [9.17, 15) is 24.3 Å². The van der Waals surface area contributed by atoms with Gasteiger partial charge in [-0.2, -0.15) is 0 Å². The van der Waals surface area contributed by atoms with Gasteiger partial charge in [0.2, 0.25) is 0 Å². The Hall–Kier alpha value is -3.48.